The SMILES string of the molecule is C[C@@H]1CC[C@@]2(O)C[C@]3(C)C[C@@H](O)[C@H]4[C@H]3[C@]1(CC[C@]4(C)O)C2(C)C. The molecule has 0 aromatic rings. The van der Waals surface area contributed by atoms with E-state index in [-0.39, 0.29) is 22.2 Å². The summed E-state index contributed by atoms with van der Waals surface area (Å²) < 4.78 is 0. The van der Waals surface area contributed by atoms with Gasteiger partial charge in [-0.25, -0.2) is 0 Å². The molecule has 0 heterocycles. The summed E-state index contributed by atoms with van der Waals surface area (Å²) in [7, 11) is 0. The molecule has 2 bridgehead atoms. The van der Waals surface area contributed by atoms with Crippen molar-refractivity contribution in [2.45, 2.75) is 90.4 Å². The van der Waals surface area contributed by atoms with E-state index in [0.717, 1.165) is 38.5 Å². The Kier molecular flexibility index (Phi) is 2.96. The molecular weight excluding hydrogens is 288 g/mol. The summed E-state index contributed by atoms with van der Waals surface area (Å²) in [6.07, 6.45) is 4.72. The minimum absolute atomic E-state index is 0.0252. The van der Waals surface area contributed by atoms with Gasteiger partial charge in [0.05, 0.1) is 17.3 Å². The Labute approximate surface area is 140 Å². The first-order valence-corrected chi connectivity index (χ1v) is 9.54. The van der Waals surface area contributed by atoms with Crippen LogP contribution >= 0.6 is 0 Å². The Morgan fingerprint density at radius 1 is 0.957 bits per heavy atom. The first-order valence-electron chi connectivity index (χ1n) is 9.54. The summed E-state index contributed by atoms with van der Waals surface area (Å²) in [5.41, 5.74) is -1.62. The van der Waals surface area contributed by atoms with Crippen LogP contribution in [-0.2, 0) is 0 Å². The van der Waals surface area contributed by atoms with Crippen LogP contribution in [0.4, 0.5) is 0 Å². The van der Waals surface area contributed by atoms with E-state index < -0.39 is 17.3 Å². The fraction of sp³-hybridized carbons (Fsp3) is 1.00. The lowest BCUT2D eigenvalue weighted by molar-refractivity contribution is -0.309. The first kappa shape index (κ1) is 16.4. The van der Waals surface area contributed by atoms with E-state index in [1.54, 1.807) is 0 Å². The summed E-state index contributed by atoms with van der Waals surface area (Å²) in [4.78, 5) is 0. The maximum absolute atomic E-state index is 11.6. The van der Waals surface area contributed by atoms with Crippen molar-refractivity contribution in [3.8, 4) is 0 Å². The summed E-state index contributed by atoms with van der Waals surface area (Å²) in [6.45, 7) is 11.1. The van der Waals surface area contributed by atoms with Crippen LogP contribution in [0, 0.1) is 34.0 Å². The van der Waals surface area contributed by atoms with Crippen LogP contribution in [-0.4, -0.2) is 32.6 Å². The van der Waals surface area contributed by atoms with E-state index >= 15 is 0 Å². The van der Waals surface area contributed by atoms with Crippen LogP contribution in [0.1, 0.15) is 73.1 Å². The molecule has 4 aliphatic rings. The van der Waals surface area contributed by atoms with E-state index in [1.165, 1.54) is 0 Å². The van der Waals surface area contributed by atoms with E-state index in [9.17, 15) is 15.3 Å². The Morgan fingerprint density at radius 2 is 1.61 bits per heavy atom. The van der Waals surface area contributed by atoms with Crippen molar-refractivity contribution in [1.29, 1.82) is 0 Å². The predicted molar refractivity (Wildman–Crippen MR) is 89.7 cm³/mol. The van der Waals surface area contributed by atoms with E-state index in [4.69, 9.17) is 0 Å². The molecule has 0 amide bonds. The zero-order valence-corrected chi connectivity index (χ0v) is 15.4. The molecule has 23 heavy (non-hydrogen) atoms. The van der Waals surface area contributed by atoms with Crippen LogP contribution in [0.15, 0.2) is 0 Å². The molecular formula is C20H34O3. The lowest BCUT2D eigenvalue weighted by Crippen LogP contribution is -2.73. The number of hydrogen-bond donors (Lipinski definition) is 3. The summed E-state index contributed by atoms with van der Waals surface area (Å²) in [6, 6.07) is 0. The van der Waals surface area contributed by atoms with Crippen LogP contribution in [0.5, 0.6) is 0 Å². The maximum Gasteiger partial charge on any atom is 0.0709 e. The van der Waals surface area contributed by atoms with E-state index in [1.807, 2.05) is 6.92 Å². The molecule has 3 N–H and O–H groups in total. The molecule has 4 rings (SSSR count). The van der Waals surface area contributed by atoms with Crippen molar-refractivity contribution in [2.75, 3.05) is 0 Å². The molecule has 1 spiro atoms. The second-order valence-electron chi connectivity index (χ2n) is 10.6. The summed E-state index contributed by atoms with van der Waals surface area (Å²) >= 11 is 0. The molecule has 0 aromatic carbocycles. The highest BCUT2D eigenvalue weighted by Crippen LogP contribution is 2.79. The molecule has 8 atom stereocenters. The van der Waals surface area contributed by atoms with Crippen molar-refractivity contribution in [2.24, 2.45) is 34.0 Å². The normalized spacial score (nSPS) is 63.7. The van der Waals surface area contributed by atoms with Gasteiger partial charge in [0.2, 0.25) is 0 Å². The lowest BCUT2D eigenvalue weighted by atomic mass is 9.32. The van der Waals surface area contributed by atoms with Gasteiger partial charge in [-0.15, -0.1) is 0 Å². The lowest BCUT2D eigenvalue weighted by Gasteiger charge is -2.74. The van der Waals surface area contributed by atoms with Gasteiger partial charge in [0.1, 0.15) is 0 Å². The summed E-state index contributed by atoms with van der Waals surface area (Å²) in [5.74, 6) is 0.788. The monoisotopic (exact) mass is 322 g/mol. The van der Waals surface area contributed by atoms with Gasteiger partial charge in [-0.3, -0.25) is 0 Å². The number of rotatable bonds is 0. The van der Waals surface area contributed by atoms with Crippen molar-refractivity contribution < 1.29 is 15.3 Å². The molecule has 0 unspecified atom stereocenters. The third-order valence-corrected chi connectivity index (χ3v) is 9.41. The number of hydrogen-bond acceptors (Lipinski definition) is 3. The fourth-order valence-electron chi connectivity index (χ4n) is 8.37. The molecule has 132 valence electrons. The van der Waals surface area contributed by atoms with Crippen molar-refractivity contribution in [3.05, 3.63) is 0 Å². The molecule has 0 aromatic heterocycles. The van der Waals surface area contributed by atoms with Crippen LogP contribution < -0.4 is 0 Å². The predicted octanol–water partition coefficient (Wildman–Crippen LogP) is 3.11. The highest BCUT2D eigenvalue weighted by molar-refractivity contribution is 5.26. The Bertz CT molecular complexity index is 541. The Morgan fingerprint density at radius 3 is 2.26 bits per heavy atom. The fourth-order valence-corrected chi connectivity index (χ4v) is 8.37. The van der Waals surface area contributed by atoms with Crippen LogP contribution in [0.2, 0.25) is 0 Å². The van der Waals surface area contributed by atoms with Crippen LogP contribution in [0.25, 0.3) is 0 Å². The highest BCUT2D eigenvalue weighted by atomic mass is 16.3. The Balaban J connectivity index is 1.97. The second kappa shape index (κ2) is 4.16. The maximum atomic E-state index is 11.6. The van der Waals surface area contributed by atoms with Gasteiger partial charge >= 0.3 is 0 Å². The van der Waals surface area contributed by atoms with Crippen LogP contribution in [0.3, 0.4) is 0 Å². The van der Waals surface area contributed by atoms with Crippen molar-refractivity contribution in [1.82, 2.24) is 0 Å². The van der Waals surface area contributed by atoms with Gasteiger partial charge in [-0.1, -0.05) is 27.7 Å². The number of aliphatic hydroxyl groups excluding tert-OH is 1. The smallest absolute Gasteiger partial charge is 0.0709 e. The topological polar surface area (TPSA) is 60.7 Å². The third kappa shape index (κ3) is 1.58. The van der Waals surface area contributed by atoms with Crippen molar-refractivity contribution >= 4 is 0 Å². The van der Waals surface area contributed by atoms with E-state index in [2.05, 4.69) is 27.7 Å². The van der Waals surface area contributed by atoms with Gasteiger partial charge in [0.15, 0.2) is 0 Å². The first-order chi connectivity index (χ1) is 10.4. The highest BCUT2D eigenvalue weighted by Gasteiger charge is 2.78. The minimum Gasteiger partial charge on any atom is -0.393 e. The molecule has 3 nitrogen and oxygen atoms in total. The van der Waals surface area contributed by atoms with Crippen molar-refractivity contribution in [3.63, 3.8) is 0 Å². The largest absolute Gasteiger partial charge is 0.393 e. The summed E-state index contributed by atoms with van der Waals surface area (Å²) in [5, 5.41) is 33.6. The average Bonchev–Trinajstić information content (AvgIpc) is 2.67. The number of aliphatic hydroxyl groups is 3. The molecule has 0 radical (unpaired) electrons. The molecule has 4 saturated carbocycles. The molecule has 4 aliphatic carbocycles. The number of fused-ring (bicyclic) bond motifs is 1. The Hall–Kier alpha value is -0.120. The van der Waals surface area contributed by atoms with Gasteiger partial charge in [0, 0.05) is 5.92 Å². The molecule has 0 aliphatic heterocycles. The molecule has 0 saturated heterocycles. The zero-order chi connectivity index (χ0) is 17.1. The van der Waals surface area contributed by atoms with Gasteiger partial charge in [-0.2, -0.15) is 0 Å². The quantitative estimate of drug-likeness (QED) is 0.642. The van der Waals surface area contributed by atoms with Gasteiger partial charge < -0.3 is 15.3 Å². The van der Waals surface area contributed by atoms with E-state index in [0.29, 0.717) is 11.8 Å². The molecule has 4 fully saturated rings. The zero-order valence-electron chi connectivity index (χ0n) is 15.4. The standard InChI is InChI=1S/C20H34O3/c1-12-6-7-19(23)11-17(4)10-13(21)14-15(17)20(12,16(19,2)3)9-8-18(14,5)22/h12-15,21-23H,6-11H2,1-5H3/t12-,13-,14+,15-,17+,18+,19-,20-/m1/s1. The van der Waals surface area contributed by atoms with Gasteiger partial charge in [-0.05, 0) is 73.5 Å². The third-order valence-electron chi connectivity index (χ3n) is 9.41. The minimum atomic E-state index is -0.782. The average molecular weight is 322 g/mol. The molecule has 3 heteroatoms. The second-order valence-corrected chi connectivity index (χ2v) is 10.6. The van der Waals surface area contributed by atoms with Gasteiger partial charge in [0.25, 0.3) is 0 Å².